The van der Waals surface area contributed by atoms with Crippen LogP contribution in [0.2, 0.25) is 0 Å². The number of carbonyl (C=O) groups excluding carboxylic acids is 4. The number of ketones is 1. The molecule has 2 atom stereocenters. The number of esters is 1. The lowest BCUT2D eigenvalue weighted by atomic mass is 10.1. The summed E-state index contributed by atoms with van der Waals surface area (Å²) in [5, 5.41) is 2.65. The Morgan fingerprint density at radius 1 is 1.10 bits per heavy atom. The number of hydrogen-bond donors (Lipinski definition) is 1. The molecule has 7 nitrogen and oxygen atoms in total. The minimum absolute atomic E-state index is 0.0657. The lowest BCUT2D eigenvalue weighted by Crippen LogP contribution is -2.33. The first kappa shape index (κ1) is 22.2. The molecule has 1 heterocycles. The maximum absolute atomic E-state index is 12.5. The van der Waals surface area contributed by atoms with Crippen LogP contribution in [-0.2, 0) is 25.5 Å². The molecule has 0 aromatic heterocycles. The molecule has 0 bridgehead atoms. The highest BCUT2D eigenvalue weighted by molar-refractivity contribution is 5.97. The van der Waals surface area contributed by atoms with E-state index in [-0.39, 0.29) is 18.1 Å². The second kappa shape index (κ2) is 10.0. The lowest BCUT2D eigenvalue weighted by Gasteiger charge is -2.18. The van der Waals surface area contributed by atoms with Crippen LogP contribution < -0.4 is 5.32 Å². The summed E-state index contributed by atoms with van der Waals surface area (Å²) < 4.78 is 5.31. The van der Waals surface area contributed by atoms with Crippen LogP contribution in [-0.4, -0.2) is 47.7 Å². The van der Waals surface area contributed by atoms with Crippen molar-refractivity contribution in [1.29, 1.82) is 0 Å². The van der Waals surface area contributed by atoms with Crippen LogP contribution in [0, 0.1) is 5.92 Å². The van der Waals surface area contributed by atoms with Crippen molar-refractivity contribution in [2.75, 3.05) is 18.4 Å². The van der Waals surface area contributed by atoms with Crippen LogP contribution in [0.5, 0.6) is 0 Å². The molecule has 0 aliphatic carbocycles. The smallest absolute Gasteiger partial charge is 0.312 e. The third kappa shape index (κ3) is 6.01. The second-order valence-corrected chi connectivity index (χ2v) is 7.68. The molecule has 2 amide bonds. The number of nitrogens with one attached hydrogen (secondary N) is 1. The molecule has 1 N–H and O–H groups in total. The number of ether oxygens (including phenoxy) is 1. The van der Waals surface area contributed by atoms with Crippen LogP contribution in [0.3, 0.4) is 0 Å². The summed E-state index contributed by atoms with van der Waals surface area (Å²) in [5.41, 5.74) is 2.17. The molecule has 162 valence electrons. The molecule has 7 heteroatoms. The number of amides is 2. The minimum Gasteiger partial charge on any atom is -0.452 e. The molecule has 3 rings (SSSR count). The first-order valence-electron chi connectivity index (χ1n) is 10.3. The van der Waals surface area contributed by atoms with E-state index in [1.165, 1.54) is 13.8 Å². The van der Waals surface area contributed by atoms with Gasteiger partial charge in [0, 0.05) is 30.8 Å². The molecule has 1 saturated heterocycles. The number of Topliss-reactive ketones (excluding diaryl/α,β-unsaturated/α-hetero) is 1. The number of anilines is 1. The van der Waals surface area contributed by atoms with Gasteiger partial charge in [0.1, 0.15) is 0 Å². The van der Waals surface area contributed by atoms with E-state index >= 15 is 0 Å². The summed E-state index contributed by atoms with van der Waals surface area (Å²) in [6.07, 6.45) is -0.196. The molecule has 1 aliphatic heterocycles. The van der Waals surface area contributed by atoms with Gasteiger partial charge in [-0.25, -0.2) is 0 Å². The third-order valence-corrected chi connectivity index (χ3v) is 5.28. The van der Waals surface area contributed by atoms with Gasteiger partial charge in [0.2, 0.25) is 5.91 Å². The predicted octanol–water partition coefficient (Wildman–Crippen LogP) is 2.85. The van der Waals surface area contributed by atoms with Gasteiger partial charge in [-0.2, -0.15) is 0 Å². The van der Waals surface area contributed by atoms with Crippen LogP contribution >= 0.6 is 0 Å². The van der Waals surface area contributed by atoms with Crippen molar-refractivity contribution >= 4 is 29.3 Å². The van der Waals surface area contributed by atoms with Crippen molar-refractivity contribution in [2.24, 2.45) is 5.92 Å². The van der Waals surface area contributed by atoms with E-state index in [1.54, 1.807) is 29.2 Å². The largest absolute Gasteiger partial charge is 0.452 e. The van der Waals surface area contributed by atoms with E-state index in [1.807, 2.05) is 30.3 Å². The molecular weight excluding hydrogens is 396 g/mol. The Labute approximate surface area is 181 Å². The van der Waals surface area contributed by atoms with Gasteiger partial charge in [-0.05, 0) is 50.1 Å². The zero-order chi connectivity index (χ0) is 22.4. The number of carbonyl (C=O) groups is 4. The standard InChI is InChI=1S/C24H26N2O5/c1-16(27)19-8-10-21(11-9-19)25-23(29)17(2)31-24(30)20-14-22(28)26(15-20)13-12-18-6-4-3-5-7-18/h3-11,17,20H,12-15H2,1-2H3,(H,25,29)/t17-,20+/m1/s1. The monoisotopic (exact) mass is 422 g/mol. The van der Waals surface area contributed by atoms with Gasteiger partial charge < -0.3 is 15.0 Å². The van der Waals surface area contributed by atoms with Crippen molar-refractivity contribution < 1.29 is 23.9 Å². The quantitative estimate of drug-likeness (QED) is 0.522. The summed E-state index contributed by atoms with van der Waals surface area (Å²) in [6, 6.07) is 16.3. The van der Waals surface area contributed by atoms with Crippen molar-refractivity contribution in [1.82, 2.24) is 4.90 Å². The van der Waals surface area contributed by atoms with Gasteiger partial charge in [-0.15, -0.1) is 0 Å². The predicted molar refractivity (Wildman–Crippen MR) is 115 cm³/mol. The molecule has 0 radical (unpaired) electrons. The molecule has 1 aliphatic rings. The van der Waals surface area contributed by atoms with Gasteiger partial charge in [-0.3, -0.25) is 19.2 Å². The normalized spacial score (nSPS) is 16.6. The highest BCUT2D eigenvalue weighted by atomic mass is 16.5. The van der Waals surface area contributed by atoms with Gasteiger partial charge in [0.05, 0.1) is 5.92 Å². The Morgan fingerprint density at radius 3 is 2.42 bits per heavy atom. The number of likely N-dealkylation sites (tertiary alicyclic amines) is 1. The zero-order valence-electron chi connectivity index (χ0n) is 17.7. The Balaban J connectivity index is 1.48. The van der Waals surface area contributed by atoms with E-state index in [0.29, 0.717) is 24.3 Å². The maximum atomic E-state index is 12.5. The molecule has 0 spiro atoms. The van der Waals surface area contributed by atoms with Crippen LogP contribution in [0.4, 0.5) is 5.69 Å². The average Bonchev–Trinajstić information content (AvgIpc) is 3.14. The molecule has 2 aromatic rings. The maximum Gasteiger partial charge on any atom is 0.312 e. The summed E-state index contributed by atoms with van der Waals surface area (Å²) in [5.74, 6) is -1.75. The number of nitrogens with zero attached hydrogens (tertiary/aromatic N) is 1. The summed E-state index contributed by atoms with van der Waals surface area (Å²) in [4.78, 5) is 50.1. The van der Waals surface area contributed by atoms with E-state index in [9.17, 15) is 19.2 Å². The molecule has 1 fully saturated rings. The average molecular weight is 422 g/mol. The van der Waals surface area contributed by atoms with Gasteiger partial charge in [0.25, 0.3) is 5.91 Å². The topological polar surface area (TPSA) is 92.8 Å². The number of benzene rings is 2. The Hall–Kier alpha value is -3.48. The van der Waals surface area contributed by atoms with E-state index in [4.69, 9.17) is 4.74 Å². The van der Waals surface area contributed by atoms with Crippen LogP contribution in [0.15, 0.2) is 54.6 Å². The summed E-state index contributed by atoms with van der Waals surface area (Å²) >= 11 is 0. The second-order valence-electron chi connectivity index (χ2n) is 7.68. The zero-order valence-corrected chi connectivity index (χ0v) is 17.7. The van der Waals surface area contributed by atoms with Gasteiger partial charge >= 0.3 is 5.97 Å². The molecule has 0 saturated carbocycles. The minimum atomic E-state index is -1.01. The van der Waals surface area contributed by atoms with E-state index in [2.05, 4.69) is 5.32 Å². The highest BCUT2D eigenvalue weighted by Gasteiger charge is 2.36. The Kier molecular flexibility index (Phi) is 7.18. The van der Waals surface area contributed by atoms with Crippen molar-refractivity contribution in [3.05, 3.63) is 65.7 Å². The SMILES string of the molecule is CC(=O)c1ccc(NC(=O)[C@@H](C)OC(=O)[C@H]2CC(=O)N(CCc3ccccc3)C2)cc1. The van der Waals surface area contributed by atoms with Crippen molar-refractivity contribution in [3.63, 3.8) is 0 Å². The van der Waals surface area contributed by atoms with E-state index < -0.39 is 23.9 Å². The first-order valence-corrected chi connectivity index (χ1v) is 10.3. The molecule has 0 unspecified atom stereocenters. The van der Waals surface area contributed by atoms with Gasteiger partial charge in [0.15, 0.2) is 11.9 Å². The van der Waals surface area contributed by atoms with Crippen molar-refractivity contribution in [3.8, 4) is 0 Å². The summed E-state index contributed by atoms with van der Waals surface area (Å²) in [7, 11) is 0. The fourth-order valence-corrected chi connectivity index (χ4v) is 3.41. The van der Waals surface area contributed by atoms with Crippen LogP contribution in [0.25, 0.3) is 0 Å². The fourth-order valence-electron chi connectivity index (χ4n) is 3.41. The summed E-state index contributed by atoms with van der Waals surface area (Å²) in [6.45, 7) is 3.79. The van der Waals surface area contributed by atoms with Crippen molar-refractivity contribution in [2.45, 2.75) is 32.8 Å². The fraction of sp³-hybridized carbons (Fsp3) is 0.333. The number of rotatable bonds is 8. The van der Waals surface area contributed by atoms with Gasteiger partial charge in [-0.1, -0.05) is 30.3 Å². The molecule has 31 heavy (non-hydrogen) atoms. The highest BCUT2D eigenvalue weighted by Crippen LogP contribution is 2.21. The molecule has 2 aromatic carbocycles. The van der Waals surface area contributed by atoms with E-state index in [0.717, 1.165) is 12.0 Å². The first-order chi connectivity index (χ1) is 14.8. The lowest BCUT2D eigenvalue weighted by molar-refractivity contribution is -0.157. The Bertz CT molecular complexity index is 956. The molecular formula is C24H26N2O5. The number of hydrogen-bond acceptors (Lipinski definition) is 5. The van der Waals surface area contributed by atoms with Crippen LogP contribution in [0.1, 0.15) is 36.2 Å². The third-order valence-electron chi connectivity index (χ3n) is 5.28. The Morgan fingerprint density at radius 2 is 1.77 bits per heavy atom.